The Morgan fingerprint density at radius 1 is 1.07 bits per heavy atom. The molecule has 0 bridgehead atoms. The van der Waals surface area contributed by atoms with E-state index in [9.17, 15) is 45.2 Å². The van der Waals surface area contributed by atoms with E-state index < -0.39 is 94.4 Å². The fraction of sp³-hybridized carbons (Fsp3) is 0.429. The van der Waals surface area contributed by atoms with Crippen molar-refractivity contribution in [3.8, 4) is 0 Å². The number of carbonyl (C=O) groups excluding carboxylic acids is 4. The molecule has 11 nitrogen and oxygen atoms in total. The van der Waals surface area contributed by atoms with Crippen molar-refractivity contribution in [1.29, 1.82) is 0 Å². The predicted molar refractivity (Wildman–Crippen MR) is 152 cm³/mol. The number of rotatable bonds is 5. The minimum atomic E-state index is -5.11. The normalized spacial score (nSPS) is 21.8. The van der Waals surface area contributed by atoms with E-state index in [0.29, 0.717) is 14.3 Å². The van der Waals surface area contributed by atoms with Crippen LogP contribution in [-0.2, 0) is 36.2 Å². The Morgan fingerprint density at radius 2 is 1.69 bits per heavy atom. The van der Waals surface area contributed by atoms with Crippen LogP contribution in [0, 0.1) is 5.82 Å². The van der Waals surface area contributed by atoms with Crippen molar-refractivity contribution in [2.24, 2.45) is 0 Å². The van der Waals surface area contributed by atoms with Gasteiger partial charge in [0.25, 0.3) is 5.91 Å². The summed E-state index contributed by atoms with van der Waals surface area (Å²) in [5.41, 5.74) is -6.00. The van der Waals surface area contributed by atoms with Gasteiger partial charge in [-0.3, -0.25) is 14.5 Å². The monoisotopic (exact) mass is 718 g/mol. The standard InChI is InChI=1S/C28H27BrF4N4O7S/c1-25(2,3)44-24(41)35-13-26(14-35,28(31,32)33)37(11-16-4-7-18(30)8-5-16)21(38)12-36-22(39)27(34-23(36)40)15-45(42,43)20-10-17(29)6-9-19(20)27/h4-10H,11-15H2,1-3H3,(H,34,40). The van der Waals surface area contributed by atoms with Crippen LogP contribution in [0.2, 0.25) is 0 Å². The van der Waals surface area contributed by atoms with E-state index in [1.807, 2.05) is 0 Å². The number of ether oxygens (including phenoxy) is 1. The third kappa shape index (κ3) is 5.64. The second-order valence-corrected chi connectivity index (χ2v) is 15.0. The van der Waals surface area contributed by atoms with Crippen molar-refractivity contribution in [2.75, 3.05) is 25.4 Å². The molecule has 0 aromatic heterocycles. The summed E-state index contributed by atoms with van der Waals surface area (Å²) in [6.45, 7) is 0.674. The van der Waals surface area contributed by atoms with E-state index in [1.54, 1.807) is 0 Å². The number of fused-ring (bicyclic) bond motifs is 2. The Labute approximate surface area is 263 Å². The van der Waals surface area contributed by atoms with Crippen LogP contribution < -0.4 is 5.32 Å². The van der Waals surface area contributed by atoms with Crippen LogP contribution in [0.1, 0.15) is 31.9 Å². The third-order valence-electron chi connectivity index (χ3n) is 7.77. The molecule has 0 radical (unpaired) electrons. The highest BCUT2D eigenvalue weighted by Crippen LogP contribution is 2.45. The number of hydrogen-bond acceptors (Lipinski definition) is 7. The molecule has 3 aliphatic rings. The van der Waals surface area contributed by atoms with Gasteiger partial charge in [-0.25, -0.2) is 22.4 Å². The predicted octanol–water partition coefficient (Wildman–Crippen LogP) is 3.70. The molecule has 2 aromatic rings. The van der Waals surface area contributed by atoms with E-state index in [0.717, 1.165) is 17.0 Å². The van der Waals surface area contributed by atoms with Crippen LogP contribution in [0.5, 0.6) is 0 Å². The molecule has 3 heterocycles. The molecular formula is C28H27BrF4N4O7S. The average molecular weight is 720 g/mol. The van der Waals surface area contributed by atoms with Gasteiger partial charge in [0.15, 0.2) is 20.9 Å². The lowest BCUT2D eigenvalue weighted by Gasteiger charge is -2.55. The summed E-state index contributed by atoms with van der Waals surface area (Å²) in [4.78, 5) is 54.5. The molecule has 1 N–H and O–H groups in total. The zero-order valence-corrected chi connectivity index (χ0v) is 26.5. The second kappa shape index (κ2) is 10.7. The number of urea groups is 1. The van der Waals surface area contributed by atoms with Crippen molar-refractivity contribution in [3.63, 3.8) is 0 Å². The zero-order chi connectivity index (χ0) is 33.3. The molecule has 242 valence electrons. The number of alkyl halides is 3. The van der Waals surface area contributed by atoms with Crippen molar-refractivity contribution in [1.82, 2.24) is 20.0 Å². The largest absolute Gasteiger partial charge is 0.444 e. The fourth-order valence-electron chi connectivity index (χ4n) is 5.61. The number of amides is 5. The van der Waals surface area contributed by atoms with Crippen LogP contribution in [-0.4, -0.2) is 89.8 Å². The number of halogens is 5. The van der Waals surface area contributed by atoms with Gasteiger partial charge in [0.1, 0.15) is 18.0 Å². The summed E-state index contributed by atoms with van der Waals surface area (Å²) >= 11 is 3.16. The van der Waals surface area contributed by atoms with E-state index in [-0.39, 0.29) is 16.0 Å². The van der Waals surface area contributed by atoms with E-state index >= 15 is 0 Å². The van der Waals surface area contributed by atoms with Crippen molar-refractivity contribution < 1.29 is 49.9 Å². The highest BCUT2D eigenvalue weighted by atomic mass is 79.9. The van der Waals surface area contributed by atoms with Gasteiger partial charge in [0.05, 0.1) is 23.7 Å². The summed E-state index contributed by atoms with van der Waals surface area (Å²) in [6, 6.07) is 7.19. The van der Waals surface area contributed by atoms with Gasteiger partial charge in [0, 0.05) is 16.6 Å². The zero-order valence-electron chi connectivity index (χ0n) is 24.1. The van der Waals surface area contributed by atoms with Gasteiger partial charge >= 0.3 is 18.3 Å². The number of nitrogens with one attached hydrogen (secondary N) is 1. The maximum atomic E-state index is 14.8. The smallest absolute Gasteiger partial charge is 0.415 e. The number of hydrogen-bond donors (Lipinski definition) is 1. The molecule has 1 unspecified atom stereocenters. The Bertz CT molecular complexity index is 1710. The first-order valence-corrected chi connectivity index (χ1v) is 15.9. The van der Waals surface area contributed by atoms with Gasteiger partial charge in [-0.1, -0.05) is 34.1 Å². The molecule has 5 amide bonds. The summed E-state index contributed by atoms with van der Waals surface area (Å²) in [6.07, 6.45) is -6.15. The van der Waals surface area contributed by atoms with Crippen molar-refractivity contribution in [2.45, 2.75) is 55.1 Å². The van der Waals surface area contributed by atoms with Crippen LogP contribution in [0.15, 0.2) is 51.8 Å². The maximum absolute atomic E-state index is 14.8. The highest BCUT2D eigenvalue weighted by Gasteiger charge is 2.68. The van der Waals surface area contributed by atoms with Gasteiger partial charge < -0.3 is 19.9 Å². The second-order valence-electron chi connectivity index (χ2n) is 12.1. The minimum absolute atomic E-state index is 0.0408. The molecule has 0 aliphatic carbocycles. The summed E-state index contributed by atoms with van der Waals surface area (Å²) < 4.78 is 89.5. The molecule has 0 saturated carbocycles. The molecule has 5 rings (SSSR count). The highest BCUT2D eigenvalue weighted by molar-refractivity contribution is 9.10. The molecule has 2 fully saturated rings. The molecule has 3 aliphatic heterocycles. The van der Waals surface area contributed by atoms with Crippen LogP contribution in [0.4, 0.5) is 27.2 Å². The molecule has 1 spiro atoms. The first kappa shape index (κ1) is 32.7. The lowest BCUT2D eigenvalue weighted by atomic mass is 9.86. The maximum Gasteiger partial charge on any atom is 0.415 e. The molecule has 1 atom stereocenters. The van der Waals surface area contributed by atoms with Gasteiger partial charge in [-0.05, 0) is 50.6 Å². The van der Waals surface area contributed by atoms with Gasteiger partial charge in [-0.2, -0.15) is 13.2 Å². The molecular weight excluding hydrogens is 692 g/mol. The summed E-state index contributed by atoms with van der Waals surface area (Å²) in [5.74, 6) is -3.97. The van der Waals surface area contributed by atoms with E-state index in [1.165, 1.54) is 51.1 Å². The number of carbonyl (C=O) groups is 4. The number of nitrogens with zero attached hydrogens (tertiary/aromatic N) is 3. The Kier molecular flexibility index (Phi) is 7.75. The Balaban J connectivity index is 1.48. The van der Waals surface area contributed by atoms with E-state index in [4.69, 9.17) is 4.74 Å². The molecule has 45 heavy (non-hydrogen) atoms. The lowest BCUT2D eigenvalue weighted by Crippen LogP contribution is -2.78. The van der Waals surface area contributed by atoms with Crippen LogP contribution in [0.25, 0.3) is 0 Å². The number of sulfone groups is 1. The number of benzene rings is 2. The number of likely N-dealkylation sites (tertiary alicyclic amines) is 1. The molecule has 2 aromatic carbocycles. The van der Waals surface area contributed by atoms with Gasteiger partial charge in [0.2, 0.25) is 5.91 Å². The van der Waals surface area contributed by atoms with Crippen molar-refractivity contribution >= 4 is 49.7 Å². The first-order valence-electron chi connectivity index (χ1n) is 13.5. The SMILES string of the molecule is CC(C)(C)OC(=O)N1CC(N(Cc2ccc(F)cc2)C(=O)CN2C(=O)NC3(CS(=O)(=O)c4cc(Br)ccc43)C2=O)(C(F)(F)F)C1. The third-order valence-corrected chi connectivity index (χ3v) is 10.1. The fourth-order valence-corrected chi connectivity index (χ4v) is 8.08. The Morgan fingerprint density at radius 3 is 2.27 bits per heavy atom. The van der Waals surface area contributed by atoms with Crippen LogP contribution >= 0.6 is 15.9 Å². The lowest BCUT2D eigenvalue weighted by molar-refractivity contribution is -0.267. The Hall–Kier alpha value is -3.73. The van der Waals surface area contributed by atoms with E-state index in [2.05, 4.69) is 21.2 Å². The molecule has 17 heteroatoms. The molecule has 2 saturated heterocycles. The summed E-state index contributed by atoms with van der Waals surface area (Å²) in [5, 5.41) is 2.34. The quantitative estimate of drug-likeness (QED) is 0.368. The first-order chi connectivity index (χ1) is 20.7. The van der Waals surface area contributed by atoms with Gasteiger partial charge in [-0.15, -0.1) is 0 Å². The minimum Gasteiger partial charge on any atom is -0.444 e. The van der Waals surface area contributed by atoms with Crippen LogP contribution in [0.3, 0.4) is 0 Å². The number of imide groups is 1. The summed E-state index contributed by atoms with van der Waals surface area (Å²) in [7, 11) is -4.07. The average Bonchev–Trinajstić information content (AvgIpc) is 3.24. The topological polar surface area (TPSA) is 133 Å². The van der Waals surface area contributed by atoms with Crippen molar-refractivity contribution in [3.05, 3.63) is 63.9 Å².